The Morgan fingerprint density at radius 1 is 1.42 bits per heavy atom. The molecule has 0 bridgehead atoms. The number of amides is 2. The lowest BCUT2D eigenvalue weighted by molar-refractivity contribution is -0.384. The average Bonchev–Trinajstić information content (AvgIpc) is 2.91. The van der Waals surface area contributed by atoms with Crippen LogP contribution in [0.1, 0.15) is 16.1 Å². The van der Waals surface area contributed by atoms with Crippen molar-refractivity contribution >= 4 is 29.0 Å². The number of benzene rings is 1. The second-order valence-electron chi connectivity index (χ2n) is 5.05. The molecule has 0 aliphatic rings. The summed E-state index contributed by atoms with van der Waals surface area (Å²) in [5, 5.41) is 17.3. The van der Waals surface area contributed by atoms with Crippen molar-refractivity contribution < 1.29 is 19.0 Å². The van der Waals surface area contributed by atoms with Crippen molar-refractivity contribution in [3.05, 3.63) is 45.7 Å². The van der Waals surface area contributed by atoms with E-state index in [-0.39, 0.29) is 29.3 Å². The Hall–Kier alpha value is -3.43. The summed E-state index contributed by atoms with van der Waals surface area (Å²) in [6.07, 6.45) is 0. The molecule has 0 fully saturated rings. The third-order valence-corrected chi connectivity index (χ3v) is 3.14. The molecule has 0 aliphatic heterocycles. The van der Waals surface area contributed by atoms with Crippen molar-refractivity contribution in [3.63, 3.8) is 0 Å². The van der Waals surface area contributed by atoms with Gasteiger partial charge in [-0.25, -0.2) is 0 Å². The molecule has 126 valence electrons. The number of likely N-dealkylation sites (N-methyl/N-ethyl adjacent to an activating group) is 1. The summed E-state index contributed by atoms with van der Waals surface area (Å²) < 4.78 is 4.83. The van der Waals surface area contributed by atoms with Gasteiger partial charge in [0.25, 0.3) is 5.69 Å². The van der Waals surface area contributed by atoms with E-state index in [2.05, 4.69) is 10.5 Å². The van der Waals surface area contributed by atoms with Crippen LogP contribution < -0.4 is 16.0 Å². The van der Waals surface area contributed by atoms with Crippen molar-refractivity contribution in [3.8, 4) is 0 Å². The second kappa shape index (κ2) is 6.77. The number of nitrogens with one attached hydrogen (secondary N) is 1. The Balaban J connectivity index is 2.16. The van der Waals surface area contributed by atoms with Gasteiger partial charge in [-0.2, -0.15) is 0 Å². The molecule has 1 heterocycles. The standard InChI is InChI=1S/C14H15N5O5/c1-8-5-12(17-24-8)16-13(20)7-18(2)10-4-3-9(14(15)21)6-11(10)19(22)23/h3-6H,7H2,1-2H3,(H2,15,21)(H,16,17,20). The van der Waals surface area contributed by atoms with E-state index in [4.69, 9.17) is 10.3 Å². The van der Waals surface area contributed by atoms with Gasteiger partial charge in [0, 0.05) is 24.7 Å². The Morgan fingerprint density at radius 3 is 2.67 bits per heavy atom. The summed E-state index contributed by atoms with van der Waals surface area (Å²) in [4.78, 5) is 35.1. The first kappa shape index (κ1) is 16.9. The number of aryl methyl sites for hydroxylation is 1. The molecule has 0 aliphatic carbocycles. The zero-order valence-corrected chi connectivity index (χ0v) is 13.0. The fraction of sp³-hybridized carbons (Fsp3) is 0.214. The molecule has 3 N–H and O–H groups in total. The molecule has 10 nitrogen and oxygen atoms in total. The molecule has 0 unspecified atom stereocenters. The molecular weight excluding hydrogens is 318 g/mol. The summed E-state index contributed by atoms with van der Waals surface area (Å²) in [5.41, 5.74) is 4.99. The SMILES string of the molecule is Cc1cc(NC(=O)CN(C)c2ccc(C(N)=O)cc2[N+](=O)[O-])no1. The fourth-order valence-electron chi connectivity index (χ4n) is 2.05. The van der Waals surface area contributed by atoms with Crippen LogP contribution in [-0.2, 0) is 4.79 Å². The third kappa shape index (κ3) is 3.85. The van der Waals surface area contributed by atoms with Crippen molar-refractivity contribution in [2.75, 3.05) is 23.8 Å². The van der Waals surface area contributed by atoms with E-state index >= 15 is 0 Å². The van der Waals surface area contributed by atoms with Crippen LogP contribution in [0.2, 0.25) is 0 Å². The molecule has 2 rings (SSSR count). The fourth-order valence-corrected chi connectivity index (χ4v) is 2.05. The van der Waals surface area contributed by atoms with Gasteiger partial charge in [0.2, 0.25) is 11.8 Å². The molecular formula is C14H15N5O5. The molecule has 0 saturated carbocycles. The summed E-state index contributed by atoms with van der Waals surface area (Å²) in [5.74, 6) is -0.411. The molecule has 0 atom stereocenters. The minimum absolute atomic E-state index is 0.0152. The maximum Gasteiger partial charge on any atom is 0.293 e. The molecule has 0 radical (unpaired) electrons. The first-order valence-electron chi connectivity index (χ1n) is 6.80. The zero-order chi connectivity index (χ0) is 17.9. The van der Waals surface area contributed by atoms with Crippen molar-refractivity contribution in [2.24, 2.45) is 5.73 Å². The number of nitro groups is 1. The quantitative estimate of drug-likeness (QED) is 0.594. The van der Waals surface area contributed by atoms with Crippen molar-refractivity contribution in [2.45, 2.75) is 6.92 Å². The lowest BCUT2D eigenvalue weighted by Gasteiger charge is -2.18. The predicted molar refractivity (Wildman–Crippen MR) is 84.8 cm³/mol. The highest BCUT2D eigenvalue weighted by atomic mass is 16.6. The lowest BCUT2D eigenvalue weighted by Crippen LogP contribution is -2.30. The van der Waals surface area contributed by atoms with Crippen LogP contribution in [0.25, 0.3) is 0 Å². The lowest BCUT2D eigenvalue weighted by atomic mass is 10.1. The molecule has 2 aromatic rings. The van der Waals surface area contributed by atoms with Crippen LogP contribution in [0.3, 0.4) is 0 Å². The first-order valence-corrected chi connectivity index (χ1v) is 6.80. The molecule has 0 spiro atoms. The van der Waals surface area contributed by atoms with E-state index in [9.17, 15) is 19.7 Å². The summed E-state index contributed by atoms with van der Waals surface area (Å²) >= 11 is 0. The highest BCUT2D eigenvalue weighted by Gasteiger charge is 2.21. The van der Waals surface area contributed by atoms with Gasteiger partial charge in [0.1, 0.15) is 11.4 Å². The molecule has 2 amide bonds. The number of anilines is 2. The normalized spacial score (nSPS) is 10.2. The highest BCUT2D eigenvalue weighted by Crippen LogP contribution is 2.28. The number of rotatable bonds is 6. The Morgan fingerprint density at radius 2 is 2.12 bits per heavy atom. The van der Waals surface area contributed by atoms with E-state index in [1.54, 1.807) is 13.0 Å². The molecule has 10 heteroatoms. The molecule has 24 heavy (non-hydrogen) atoms. The maximum absolute atomic E-state index is 12.0. The number of primary amides is 1. The van der Waals surface area contributed by atoms with Crippen LogP contribution in [0.5, 0.6) is 0 Å². The van der Waals surface area contributed by atoms with Gasteiger partial charge in [-0.3, -0.25) is 19.7 Å². The van der Waals surface area contributed by atoms with Gasteiger partial charge in [-0.1, -0.05) is 5.16 Å². The molecule has 0 saturated heterocycles. The van der Waals surface area contributed by atoms with E-state index in [1.165, 1.54) is 24.1 Å². The van der Waals surface area contributed by atoms with Gasteiger partial charge in [0.15, 0.2) is 5.82 Å². The minimum atomic E-state index is -0.772. The second-order valence-corrected chi connectivity index (χ2v) is 5.05. The van der Waals surface area contributed by atoms with Gasteiger partial charge >= 0.3 is 0 Å². The number of hydrogen-bond donors (Lipinski definition) is 2. The predicted octanol–water partition coefficient (Wildman–Crippen LogP) is 1.07. The van der Waals surface area contributed by atoms with Crippen LogP contribution in [0, 0.1) is 17.0 Å². The summed E-state index contributed by atoms with van der Waals surface area (Å²) in [6.45, 7) is 1.51. The largest absolute Gasteiger partial charge is 0.366 e. The van der Waals surface area contributed by atoms with E-state index in [0.29, 0.717) is 5.76 Å². The van der Waals surface area contributed by atoms with Crippen LogP contribution in [0.4, 0.5) is 17.2 Å². The van der Waals surface area contributed by atoms with E-state index < -0.39 is 16.7 Å². The Labute approximate surface area is 136 Å². The topological polar surface area (TPSA) is 145 Å². The highest BCUT2D eigenvalue weighted by molar-refractivity contribution is 5.96. The van der Waals surface area contributed by atoms with Gasteiger partial charge in [-0.15, -0.1) is 0 Å². The first-order chi connectivity index (χ1) is 11.3. The number of nitrogens with two attached hydrogens (primary N) is 1. The number of carbonyl (C=O) groups is 2. The van der Waals surface area contributed by atoms with E-state index in [1.807, 2.05) is 0 Å². The van der Waals surface area contributed by atoms with Gasteiger partial charge in [-0.05, 0) is 19.1 Å². The average molecular weight is 333 g/mol. The smallest absolute Gasteiger partial charge is 0.293 e. The van der Waals surface area contributed by atoms with Crippen molar-refractivity contribution in [1.82, 2.24) is 5.16 Å². The summed E-state index contributed by atoms with van der Waals surface area (Å²) in [7, 11) is 1.51. The number of carbonyl (C=O) groups excluding carboxylic acids is 2. The number of hydrogen-bond acceptors (Lipinski definition) is 7. The van der Waals surface area contributed by atoms with Gasteiger partial charge < -0.3 is 20.5 Å². The summed E-state index contributed by atoms with van der Waals surface area (Å²) in [6, 6.07) is 5.35. The molecule has 1 aromatic heterocycles. The Bertz CT molecular complexity index is 801. The number of aromatic nitrogens is 1. The van der Waals surface area contributed by atoms with Gasteiger partial charge in [0.05, 0.1) is 11.5 Å². The zero-order valence-electron chi connectivity index (χ0n) is 13.0. The third-order valence-electron chi connectivity index (χ3n) is 3.14. The number of nitro benzene ring substituents is 1. The Kier molecular flexibility index (Phi) is 4.78. The molecule has 1 aromatic carbocycles. The van der Waals surface area contributed by atoms with E-state index in [0.717, 1.165) is 6.07 Å². The van der Waals surface area contributed by atoms with Crippen LogP contribution >= 0.6 is 0 Å². The monoisotopic (exact) mass is 333 g/mol. The van der Waals surface area contributed by atoms with Crippen LogP contribution in [0.15, 0.2) is 28.8 Å². The van der Waals surface area contributed by atoms with Crippen LogP contribution in [-0.4, -0.2) is 35.5 Å². The maximum atomic E-state index is 12.0. The minimum Gasteiger partial charge on any atom is -0.366 e. The number of nitrogens with zero attached hydrogens (tertiary/aromatic N) is 3. The van der Waals surface area contributed by atoms with Crippen molar-refractivity contribution in [1.29, 1.82) is 0 Å².